The molecule has 0 saturated carbocycles. The minimum Gasteiger partial charge on any atom is -0.497 e. The molecule has 1 rings (SSSR count). The summed E-state index contributed by atoms with van der Waals surface area (Å²) in [6.45, 7) is 9.22. The zero-order valence-electron chi connectivity index (χ0n) is 16.5. The number of aryl methyl sites for hydroxylation is 1. The fourth-order valence-corrected chi connectivity index (χ4v) is 5.87. The van der Waals surface area contributed by atoms with Crippen molar-refractivity contribution in [3.8, 4) is 5.75 Å². The minimum atomic E-state index is -3.76. The first-order chi connectivity index (χ1) is 12.1. The third kappa shape index (κ3) is 5.14. The molecular weight excluding hydrogens is 372 g/mol. The summed E-state index contributed by atoms with van der Waals surface area (Å²) in [5.74, 6) is 0.724. The molecule has 6 nitrogen and oxygen atoms in total. The maximum atomic E-state index is 13.3. The van der Waals surface area contributed by atoms with Crippen molar-refractivity contribution in [3.05, 3.63) is 23.3 Å². The Balaban J connectivity index is 3.54. The fraction of sp³-hybridized carbons (Fsp3) is 0.611. The van der Waals surface area contributed by atoms with Gasteiger partial charge in [0.1, 0.15) is 11.1 Å². The molecule has 1 aromatic carbocycles. The lowest BCUT2D eigenvalue weighted by atomic mass is 10.1. The number of sulfone groups is 1. The van der Waals surface area contributed by atoms with E-state index in [0.29, 0.717) is 11.3 Å². The number of carbonyl (C=O) groups is 1. The molecular formula is C18H30N2O4S2. The number of hydrogen-bond donors (Lipinski definition) is 2. The highest BCUT2D eigenvalue weighted by atomic mass is 32.2. The molecule has 148 valence electrons. The summed E-state index contributed by atoms with van der Waals surface area (Å²) in [5.41, 5.74) is 0.609. The van der Waals surface area contributed by atoms with Crippen molar-refractivity contribution in [2.45, 2.75) is 50.3 Å². The summed E-state index contributed by atoms with van der Waals surface area (Å²) in [6.07, 6.45) is 0. The second-order valence-electron chi connectivity index (χ2n) is 6.39. The molecule has 0 aromatic heterocycles. The van der Waals surface area contributed by atoms with Crippen molar-refractivity contribution in [1.29, 1.82) is 0 Å². The third-order valence-electron chi connectivity index (χ3n) is 3.99. The minimum absolute atomic E-state index is 0.0533. The number of hydrogen-bond acceptors (Lipinski definition) is 6. The second-order valence-corrected chi connectivity index (χ2v) is 10.0. The Morgan fingerprint density at radius 3 is 2.35 bits per heavy atom. The van der Waals surface area contributed by atoms with Crippen molar-refractivity contribution in [2.24, 2.45) is 5.92 Å². The van der Waals surface area contributed by atoms with Gasteiger partial charge in [-0.3, -0.25) is 4.79 Å². The van der Waals surface area contributed by atoms with Crippen molar-refractivity contribution in [3.63, 3.8) is 0 Å². The van der Waals surface area contributed by atoms with Crippen LogP contribution in [0.15, 0.2) is 17.0 Å². The number of benzene rings is 1. The van der Waals surface area contributed by atoms with Crippen molar-refractivity contribution in [2.75, 3.05) is 19.9 Å². The Morgan fingerprint density at radius 2 is 1.88 bits per heavy atom. The first-order valence-electron chi connectivity index (χ1n) is 8.62. The molecule has 2 N–H and O–H groups in total. The quantitative estimate of drug-likeness (QED) is 0.618. The van der Waals surface area contributed by atoms with Crippen LogP contribution in [-0.4, -0.2) is 45.0 Å². The van der Waals surface area contributed by atoms with Gasteiger partial charge in [0.05, 0.1) is 22.9 Å². The van der Waals surface area contributed by atoms with E-state index in [1.165, 1.54) is 13.2 Å². The van der Waals surface area contributed by atoms with E-state index >= 15 is 0 Å². The van der Waals surface area contributed by atoms with Crippen LogP contribution >= 0.6 is 11.8 Å². The molecule has 2 atom stereocenters. The van der Waals surface area contributed by atoms with Crippen LogP contribution in [0.2, 0.25) is 0 Å². The third-order valence-corrected chi connectivity index (χ3v) is 7.50. The molecule has 1 amide bonds. The van der Waals surface area contributed by atoms with Crippen LogP contribution < -0.4 is 15.4 Å². The Bertz CT molecular complexity index is 733. The molecule has 0 fully saturated rings. The van der Waals surface area contributed by atoms with Crippen LogP contribution in [-0.2, 0) is 9.84 Å². The van der Waals surface area contributed by atoms with Crippen molar-refractivity contribution in [1.82, 2.24) is 10.6 Å². The predicted octanol–water partition coefficient (Wildman–Crippen LogP) is 2.81. The van der Waals surface area contributed by atoms with Crippen LogP contribution in [0.25, 0.3) is 0 Å². The predicted molar refractivity (Wildman–Crippen MR) is 108 cm³/mol. The highest BCUT2D eigenvalue weighted by molar-refractivity contribution is 7.99. The van der Waals surface area contributed by atoms with E-state index in [1.807, 2.05) is 27.7 Å². The van der Waals surface area contributed by atoms with Crippen LogP contribution in [0.4, 0.5) is 0 Å². The molecule has 0 bridgehead atoms. The van der Waals surface area contributed by atoms with Gasteiger partial charge in [0.2, 0.25) is 0 Å². The van der Waals surface area contributed by atoms with Crippen LogP contribution in [0.1, 0.15) is 43.6 Å². The zero-order valence-corrected chi connectivity index (χ0v) is 18.2. The number of rotatable bonds is 9. The second kappa shape index (κ2) is 9.62. The van der Waals surface area contributed by atoms with Gasteiger partial charge in [0, 0.05) is 0 Å². The zero-order chi connectivity index (χ0) is 20.1. The van der Waals surface area contributed by atoms with Crippen LogP contribution in [0, 0.1) is 12.8 Å². The fourth-order valence-electron chi connectivity index (χ4n) is 2.93. The summed E-state index contributed by atoms with van der Waals surface area (Å²) in [6, 6.07) is 3.13. The first-order valence-corrected chi connectivity index (χ1v) is 11.2. The van der Waals surface area contributed by atoms with Crippen LogP contribution in [0.5, 0.6) is 5.75 Å². The van der Waals surface area contributed by atoms with Gasteiger partial charge in [-0.05, 0) is 50.3 Å². The molecule has 0 aliphatic carbocycles. The topological polar surface area (TPSA) is 84.5 Å². The van der Waals surface area contributed by atoms with Gasteiger partial charge >= 0.3 is 0 Å². The van der Waals surface area contributed by atoms with E-state index in [2.05, 4.69) is 10.6 Å². The Kier molecular flexibility index (Phi) is 8.43. The smallest absolute Gasteiger partial charge is 0.253 e. The number of nitrogens with one attached hydrogen (secondary N) is 2. The van der Waals surface area contributed by atoms with Gasteiger partial charge in [-0.15, -0.1) is 11.8 Å². The van der Waals surface area contributed by atoms with Gasteiger partial charge < -0.3 is 15.4 Å². The molecule has 0 spiro atoms. The molecule has 0 unspecified atom stereocenters. The average molecular weight is 403 g/mol. The Hall–Kier alpha value is -1.25. The molecule has 26 heavy (non-hydrogen) atoms. The summed E-state index contributed by atoms with van der Waals surface area (Å²) in [4.78, 5) is 12.9. The van der Waals surface area contributed by atoms with Gasteiger partial charge in [-0.2, -0.15) is 0 Å². The molecule has 0 heterocycles. The molecule has 0 saturated heterocycles. The lowest BCUT2D eigenvalue weighted by molar-refractivity contribution is 0.0948. The highest BCUT2D eigenvalue weighted by Gasteiger charge is 2.34. The van der Waals surface area contributed by atoms with E-state index in [9.17, 15) is 13.2 Å². The van der Waals surface area contributed by atoms with Gasteiger partial charge in [0.25, 0.3) is 5.91 Å². The van der Waals surface area contributed by atoms with E-state index in [1.54, 1.807) is 31.8 Å². The van der Waals surface area contributed by atoms with Gasteiger partial charge in [0.15, 0.2) is 9.84 Å². The number of thioether (sulfide) groups is 1. The lowest BCUT2D eigenvalue weighted by Crippen LogP contribution is -2.40. The molecule has 1 aromatic rings. The summed E-state index contributed by atoms with van der Waals surface area (Å²) < 4.78 is 31.8. The normalized spacial score (nSPS) is 14.2. The maximum absolute atomic E-state index is 13.3. The summed E-state index contributed by atoms with van der Waals surface area (Å²) in [5, 5.41) is 4.81. The Morgan fingerprint density at radius 1 is 1.27 bits per heavy atom. The number of ether oxygens (including phenoxy) is 1. The van der Waals surface area contributed by atoms with Crippen molar-refractivity contribution >= 4 is 27.5 Å². The number of amides is 1. The van der Waals surface area contributed by atoms with E-state index < -0.39 is 21.1 Å². The Labute approximate surface area is 161 Å². The molecule has 0 aliphatic heterocycles. The average Bonchev–Trinajstić information content (AvgIpc) is 2.53. The van der Waals surface area contributed by atoms with Gasteiger partial charge in [-0.25, -0.2) is 8.42 Å². The summed E-state index contributed by atoms with van der Waals surface area (Å²) in [7, 11) is -0.661. The molecule has 8 heteroatoms. The largest absolute Gasteiger partial charge is 0.497 e. The SMILES string of the molecule is CCS[C@H](C)NC(=O)c1cc(OC)cc(C)c1S(=O)(=O)[C@@H](NC)C(C)C. The maximum Gasteiger partial charge on any atom is 0.253 e. The molecule has 0 aliphatic rings. The standard InChI is InChI=1S/C18H30N2O4S2/c1-8-25-13(5)20-17(21)15-10-14(24-7)9-12(4)16(15)26(22,23)18(19-6)11(2)3/h9-11,13,18-19H,8H2,1-7H3,(H,20,21)/t13-,18-/m1/s1. The molecule has 0 radical (unpaired) electrons. The first kappa shape index (κ1) is 22.8. The van der Waals surface area contributed by atoms with Gasteiger partial charge in [-0.1, -0.05) is 20.8 Å². The number of methoxy groups -OCH3 is 1. The number of carbonyl (C=O) groups excluding carboxylic acids is 1. The summed E-state index contributed by atoms with van der Waals surface area (Å²) >= 11 is 1.57. The van der Waals surface area contributed by atoms with Crippen molar-refractivity contribution < 1.29 is 17.9 Å². The van der Waals surface area contributed by atoms with E-state index in [0.717, 1.165) is 5.75 Å². The van der Waals surface area contributed by atoms with E-state index in [4.69, 9.17) is 4.74 Å². The monoisotopic (exact) mass is 402 g/mol. The van der Waals surface area contributed by atoms with E-state index in [-0.39, 0.29) is 21.8 Å². The lowest BCUT2D eigenvalue weighted by Gasteiger charge is -2.24. The highest BCUT2D eigenvalue weighted by Crippen LogP contribution is 2.30. The van der Waals surface area contributed by atoms with Crippen LogP contribution in [0.3, 0.4) is 0 Å².